The smallest absolute Gasteiger partial charge is 0.315 e. The summed E-state index contributed by atoms with van der Waals surface area (Å²) in [5.74, 6) is 1.30. The van der Waals surface area contributed by atoms with Crippen LogP contribution < -0.4 is 15.4 Å². The standard InChI is InChI=1S/C15H24N2O2/c1-5-19-14-8-6-13(7-9-14)12(4)17-15(18)16-10-11(2)3/h6-9,11-12H,5,10H2,1-4H3,(H2,16,17,18). The van der Waals surface area contributed by atoms with Gasteiger partial charge < -0.3 is 15.4 Å². The van der Waals surface area contributed by atoms with Crippen molar-refractivity contribution in [3.8, 4) is 5.75 Å². The molecule has 0 spiro atoms. The van der Waals surface area contributed by atoms with Crippen LogP contribution in [-0.4, -0.2) is 19.2 Å². The number of carbonyl (C=O) groups is 1. The second-order valence-corrected chi connectivity index (χ2v) is 4.97. The van der Waals surface area contributed by atoms with E-state index in [9.17, 15) is 4.79 Å². The Morgan fingerprint density at radius 1 is 1.21 bits per heavy atom. The molecule has 0 aromatic heterocycles. The van der Waals surface area contributed by atoms with E-state index < -0.39 is 0 Å². The van der Waals surface area contributed by atoms with Crippen molar-refractivity contribution in [1.29, 1.82) is 0 Å². The normalized spacial score (nSPS) is 12.1. The molecular formula is C15H24N2O2. The Bertz CT molecular complexity index is 388. The number of hydrogen-bond donors (Lipinski definition) is 2. The summed E-state index contributed by atoms with van der Waals surface area (Å²) in [5, 5.41) is 5.75. The fourth-order valence-electron chi connectivity index (χ4n) is 1.65. The summed E-state index contributed by atoms with van der Waals surface area (Å²) in [6.07, 6.45) is 0. The lowest BCUT2D eigenvalue weighted by molar-refractivity contribution is 0.236. The molecule has 0 aliphatic carbocycles. The van der Waals surface area contributed by atoms with E-state index in [2.05, 4.69) is 24.5 Å². The van der Waals surface area contributed by atoms with Gasteiger partial charge in [0.1, 0.15) is 5.75 Å². The lowest BCUT2D eigenvalue weighted by atomic mass is 10.1. The summed E-state index contributed by atoms with van der Waals surface area (Å²) in [6, 6.07) is 7.63. The van der Waals surface area contributed by atoms with E-state index >= 15 is 0 Å². The van der Waals surface area contributed by atoms with Crippen LogP contribution in [0.4, 0.5) is 4.79 Å². The maximum absolute atomic E-state index is 11.7. The van der Waals surface area contributed by atoms with E-state index in [0.29, 0.717) is 19.1 Å². The molecule has 1 rings (SSSR count). The van der Waals surface area contributed by atoms with Crippen molar-refractivity contribution in [1.82, 2.24) is 10.6 Å². The number of carbonyl (C=O) groups excluding carboxylic acids is 1. The first kappa shape index (κ1) is 15.3. The molecule has 0 fully saturated rings. The maximum Gasteiger partial charge on any atom is 0.315 e. The van der Waals surface area contributed by atoms with Crippen molar-refractivity contribution in [2.24, 2.45) is 5.92 Å². The highest BCUT2D eigenvalue weighted by Crippen LogP contribution is 2.17. The molecule has 1 aromatic carbocycles. The van der Waals surface area contributed by atoms with Crippen molar-refractivity contribution in [2.45, 2.75) is 33.7 Å². The molecule has 2 N–H and O–H groups in total. The minimum absolute atomic E-state index is 0.0251. The molecule has 0 saturated heterocycles. The Balaban J connectivity index is 2.48. The minimum atomic E-state index is -0.130. The molecule has 2 amide bonds. The zero-order chi connectivity index (χ0) is 14.3. The quantitative estimate of drug-likeness (QED) is 0.829. The van der Waals surface area contributed by atoms with Crippen LogP contribution in [0.1, 0.15) is 39.3 Å². The largest absolute Gasteiger partial charge is 0.494 e. The zero-order valence-electron chi connectivity index (χ0n) is 12.2. The number of amides is 2. The molecule has 19 heavy (non-hydrogen) atoms. The second-order valence-electron chi connectivity index (χ2n) is 4.97. The highest BCUT2D eigenvalue weighted by Gasteiger charge is 2.09. The van der Waals surface area contributed by atoms with Crippen LogP contribution >= 0.6 is 0 Å². The van der Waals surface area contributed by atoms with Crippen molar-refractivity contribution in [2.75, 3.05) is 13.2 Å². The van der Waals surface area contributed by atoms with Gasteiger partial charge >= 0.3 is 6.03 Å². The molecule has 0 aliphatic rings. The van der Waals surface area contributed by atoms with Crippen molar-refractivity contribution in [3.05, 3.63) is 29.8 Å². The lowest BCUT2D eigenvalue weighted by Crippen LogP contribution is -2.38. The first-order valence-electron chi connectivity index (χ1n) is 6.80. The van der Waals surface area contributed by atoms with Gasteiger partial charge in [0.25, 0.3) is 0 Å². The SMILES string of the molecule is CCOc1ccc(C(C)NC(=O)NCC(C)C)cc1. The van der Waals surface area contributed by atoms with Gasteiger partial charge in [-0.1, -0.05) is 26.0 Å². The fraction of sp³-hybridized carbons (Fsp3) is 0.533. The van der Waals surface area contributed by atoms with Crippen LogP contribution in [-0.2, 0) is 0 Å². The third-order valence-corrected chi connectivity index (χ3v) is 2.71. The average Bonchev–Trinajstić information content (AvgIpc) is 2.37. The van der Waals surface area contributed by atoms with Crippen LogP contribution in [0.2, 0.25) is 0 Å². The summed E-state index contributed by atoms with van der Waals surface area (Å²) in [4.78, 5) is 11.7. The molecule has 1 aromatic rings. The molecule has 0 heterocycles. The van der Waals surface area contributed by atoms with E-state index in [0.717, 1.165) is 11.3 Å². The number of ether oxygens (including phenoxy) is 1. The molecule has 4 nitrogen and oxygen atoms in total. The maximum atomic E-state index is 11.7. The van der Waals surface area contributed by atoms with Crippen LogP contribution in [0.15, 0.2) is 24.3 Å². The van der Waals surface area contributed by atoms with Gasteiger partial charge in [0.05, 0.1) is 12.6 Å². The van der Waals surface area contributed by atoms with Gasteiger partial charge in [-0.05, 0) is 37.5 Å². The molecule has 1 unspecified atom stereocenters. The van der Waals surface area contributed by atoms with Crippen LogP contribution in [0.5, 0.6) is 5.75 Å². The summed E-state index contributed by atoms with van der Waals surface area (Å²) < 4.78 is 5.39. The summed E-state index contributed by atoms with van der Waals surface area (Å²) in [7, 11) is 0. The molecule has 0 saturated carbocycles. The van der Waals surface area contributed by atoms with Crippen molar-refractivity contribution < 1.29 is 9.53 Å². The van der Waals surface area contributed by atoms with Gasteiger partial charge in [0.15, 0.2) is 0 Å². The number of benzene rings is 1. The van der Waals surface area contributed by atoms with Gasteiger partial charge in [-0.3, -0.25) is 0 Å². The molecule has 0 aliphatic heterocycles. The average molecular weight is 264 g/mol. The van der Waals surface area contributed by atoms with Gasteiger partial charge in [0, 0.05) is 6.54 Å². The van der Waals surface area contributed by atoms with Gasteiger partial charge in [-0.25, -0.2) is 4.79 Å². The third-order valence-electron chi connectivity index (χ3n) is 2.71. The Morgan fingerprint density at radius 3 is 2.37 bits per heavy atom. The van der Waals surface area contributed by atoms with Gasteiger partial charge in [-0.2, -0.15) is 0 Å². The van der Waals surface area contributed by atoms with E-state index in [1.807, 2.05) is 38.1 Å². The summed E-state index contributed by atoms with van der Waals surface area (Å²) in [5.41, 5.74) is 1.06. The Hall–Kier alpha value is -1.71. The van der Waals surface area contributed by atoms with E-state index in [1.54, 1.807) is 0 Å². The van der Waals surface area contributed by atoms with Crippen LogP contribution in [0, 0.1) is 5.92 Å². The highest BCUT2D eigenvalue weighted by molar-refractivity contribution is 5.74. The lowest BCUT2D eigenvalue weighted by Gasteiger charge is -2.16. The first-order chi connectivity index (χ1) is 9.02. The summed E-state index contributed by atoms with van der Waals surface area (Å²) in [6.45, 7) is 9.39. The Kier molecular flexibility index (Phi) is 6.19. The summed E-state index contributed by atoms with van der Waals surface area (Å²) >= 11 is 0. The Morgan fingerprint density at radius 2 is 1.84 bits per heavy atom. The number of nitrogens with one attached hydrogen (secondary N) is 2. The molecular weight excluding hydrogens is 240 g/mol. The number of hydrogen-bond acceptors (Lipinski definition) is 2. The predicted octanol–water partition coefficient (Wildman–Crippen LogP) is 3.10. The number of rotatable bonds is 6. The molecule has 0 radical (unpaired) electrons. The molecule has 1 atom stereocenters. The molecule has 106 valence electrons. The third kappa shape index (κ3) is 5.64. The van der Waals surface area contributed by atoms with Crippen LogP contribution in [0.3, 0.4) is 0 Å². The van der Waals surface area contributed by atoms with Crippen molar-refractivity contribution in [3.63, 3.8) is 0 Å². The monoisotopic (exact) mass is 264 g/mol. The van der Waals surface area contributed by atoms with E-state index in [4.69, 9.17) is 4.74 Å². The van der Waals surface area contributed by atoms with Crippen molar-refractivity contribution >= 4 is 6.03 Å². The van der Waals surface area contributed by atoms with E-state index in [1.165, 1.54) is 0 Å². The topological polar surface area (TPSA) is 50.4 Å². The first-order valence-corrected chi connectivity index (χ1v) is 6.80. The fourth-order valence-corrected chi connectivity index (χ4v) is 1.65. The predicted molar refractivity (Wildman–Crippen MR) is 77.4 cm³/mol. The highest BCUT2D eigenvalue weighted by atomic mass is 16.5. The van der Waals surface area contributed by atoms with Gasteiger partial charge in [-0.15, -0.1) is 0 Å². The zero-order valence-corrected chi connectivity index (χ0v) is 12.2. The molecule has 4 heteroatoms. The van der Waals surface area contributed by atoms with E-state index in [-0.39, 0.29) is 12.1 Å². The van der Waals surface area contributed by atoms with Crippen LogP contribution in [0.25, 0.3) is 0 Å². The Labute approximate surface area is 115 Å². The second kappa shape index (κ2) is 7.67. The minimum Gasteiger partial charge on any atom is -0.494 e. The number of urea groups is 1. The molecule has 0 bridgehead atoms. The van der Waals surface area contributed by atoms with Gasteiger partial charge in [0.2, 0.25) is 0 Å².